The zero-order valence-electron chi connectivity index (χ0n) is 14.5. The first-order valence-electron chi connectivity index (χ1n) is 8.13. The maximum absolute atomic E-state index is 11.8. The molecule has 0 heterocycles. The van der Waals surface area contributed by atoms with Crippen LogP contribution in [0.4, 0.5) is 0 Å². The van der Waals surface area contributed by atoms with Crippen molar-refractivity contribution in [3.63, 3.8) is 0 Å². The second kappa shape index (κ2) is 9.73. The second-order valence-corrected chi connectivity index (χ2v) is 7.49. The quantitative estimate of drug-likeness (QED) is 0.431. The van der Waals surface area contributed by atoms with E-state index in [1.807, 2.05) is 24.3 Å². The summed E-state index contributed by atoms with van der Waals surface area (Å²) < 4.78 is 6.76. The van der Waals surface area contributed by atoms with E-state index in [-0.39, 0.29) is 18.3 Å². The summed E-state index contributed by atoms with van der Waals surface area (Å²) in [5.74, 6) is 0.852. The summed E-state index contributed by atoms with van der Waals surface area (Å²) in [6.07, 6.45) is 2.52. The van der Waals surface area contributed by atoms with Gasteiger partial charge in [-0.15, -0.1) is 0 Å². The van der Waals surface area contributed by atoms with Crippen LogP contribution in [-0.2, 0) is 4.79 Å². The van der Waals surface area contributed by atoms with Crippen molar-refractivity contribution in [3.8, 4) is 11.5 Å². The summed E-state index contributed by atoms with van der Waals surface area (Å²) in [6, 6.07) is 11.0. The van der Waals surface area contributed by atoms with Crippen LogP contribution in [0.2, 0.25) is 0 Å². The monoisotopic (exact) mass is 482 g/mol. The van der Waals surface area contributed by atoms with Gasteiger partial charge in [-0.25, -0.2) is 5.43 Å². The van der Waals surface area contributed by atoms with E-state index >= 15 is 0 Å². The van der Waals surface area contributed by atoms with Gasteiger partial charge in [-0.2, -0.15) is 5.10 Å². The highest BCUT2D eigenvalue weighted by Crippen LogP contribution is 2.29. The largest absolute Gasteiger partial charge is 0.507 e. The Labute approximate surface area is 169 Å². The molecule has 138 valence electrons. The predicted molar refractivity (Wildman–Crippen MR) is 110 cm³/mol. The third-order valence-electron chi connectivity index (χ3n) is 3.89. The van der Waals surface area contributed by atoms with E-state index in [4.69, 9.17) is 4.74 Å². The minimum absolute atomic E-state index is 0.0881. The summed E-state index contributed by atoms with van der Waals surface area (Å²) in [5, 5.41) is 13.5. The lowest BCUT2D eigenvalue weighted by Gasteiger charge is -2.10. The maximum atomic E-state index is 11.8. The van der Waals surface area contributed by atoms with Gasteiger partial charge in [0.05, 0.1) is 10.7 Å². The van der Waals surface area contributed by atoms with Crippen molar-refractivity contribution in [3.05, 3.63) is 56.5 Å². The minimum Gasteiger partial charge on any atom is -0.507 e. The van der Waals surface area contributed by atoms with Crippen molar-refractivity contribution in [2.24, 2.45) is 5.10 Å². The zero-order valence-corrected chi connectivity index (χ0v) is 17.7. The number of hydrogen-bond acceptors (Lipinski definition) is 4. The fourth-order valence-electron chi connectivity index (χ4n) is 2.14. The van der Waals surface area contributed by atoms with Crippen LogP contribution >= 0.6 is 31.9 Å². The molecule has 7 heteroatoms. The average molecular weight is 484 g/mol. The van der Waals surface area contributed by atoms with E-state index in [0.29, 0.717) is 21.7 Å². The fraction of sp³-hybridized carbons (Fsp3) is 0.263. The van der Waals surface area contributed by atoms with Crippen LogP contribution in [0.3, 0.4) is 0 Å². The first kappa shape index (κ1) is 20.5. The van der Waals surface area contributed by atoms with Crippen molar-refractivity contribution < 1.29 is 14.6 Å². The number of nitrogens with zero attached hydrogens (tertiary/aromatic N) is 1. The van der Waals surface area contributed by atoms with Crippen molar-refractivity contribution in [2.45, 2.75) is 26.2 Å². The minimum atomic E-state index is -0.371. The van der Waals surface area contributed by atoms with E-state index in [2.05, 4.69) is 56.2 Å². The Balaban J connectivity index is 1.84. The lowest BCUT2D eigenvalue weighted by Crippen LogP contribution is -2.24. The molecule has 2 rings (SSSR count). The molecular weight excluding hydrogens is 464 g/mol. The summed E-state index contributed by atoms with van der Waals surface area (Å²) in [4.78, 5) is 11.8. The Kier molecular flexibility index (Phi) is 7.66. The standard InChI is InChI=1S/C19H20Br2N2O3/c1-3-12(2)13-4-6-15(7-5-13)26-11-19(25)23-22-10-14-8-18(24)17(21)9-16(14)20/h4-10,12,24H,3,11H2,1-2H3,(H,23,25)/b22-10-. The number of amides is 1. The number of benzene rings is 2. The maximum Gasteiger partial charge on any atom is 0.277 e. The van der Waals surface area contributed by atoms with Crippen LogP contribution in [0.15, 0.2) is 50.4 Å². The molecule has 1 amide bonds. The molecule has 2 N–H and O–H groups in total. The van der Waals surface area contributed by atoms with Crippen LogP contribution in [0, 0.1) is 0 Å². The number of aromatic hydroxyl groups is 1. The van der Waals surface area contributed by atoms with Gasteiger partial charge in [-0.3, -0.25) is 4.79 Å². The summed E-state index contributed by atoms with van der Waals surface area (Å²) in [5.41, 5.74) is 4.27. The predicted octanol–water partition coefficient (Wildman–Crippen LogP) is 4.96. The second-order valence-electron chi connectivity index (χ2n) is 5.79. The number of hydrogen-bond donors (Lipinski definition) is 2. The molecule has 0 aromatic heterocycles. The average Bonchev–Trinajstić information content (AvgIpc) is 2.64. The van der Waals surface area contributed by atoms with E-state index in [9.17, 15) is 9.90 Å². The highest BCUT2D eigenvalue weighted by molar-refractivity contribution is 9.11. The third-order valence-corrected chi connectivity index (χ3v) is 5.21. The Morgan fingerprint density at radius 3 is 2.62 bits per heavy atom. The summed E-state index contributed by atoms with van der Waals surface area (Å²) in [7, 11) is 0. The van der Waals surface area contributed by atoms with Gasteiger partial charge in [0, 0.05) is 10.0 Å². The third kappa shape index (κ3) is 5.85. The number of ether oxygens (including phenoxy) is 1. The molecule has 0 fully saturated rings. The molecule has 0 radical (unpaired) electrons. The van der Waals surface area contributed by atoms with Crippen LogP contribution in [0.25, 0.3) is 0 Å². The zero-order chi connectivity index (χ0) is 19.1. The molecule has 0 spiro atoms. The van der Waals surface area contributed by atoms with Crippen molar-refractivity contribution >= 4 is 44.0 Å². The van der Waals surface area contributed by atoms with Gasteiger partial charge in [-0.1, -0.05) is 41.9 Å². The molecule has 5 nitrogen and oxygen atoms in total. The number of carbonyl (C=O) groups is 1. The molecule has 0 bridgehead atoms. The molecule has 0 aliphatic rings. The van der Waals surface area contributed by atoms with Gasteiger partial charge in [-0.05, 0) is 58.1 Å². The van der Waals surface area contributed by atoms with Crippen LogP contribution < -0.4 is 10.2 Å². The smallest absolute Gasteiger partial charge is 0.277 e. The number of phenols is 1. The number of halogens is 2. The highest BCUT2D eigenvalue weighted by Gasteiger charge is 2.06. The highest BCUT2D eigenvalue weighted by atomic mass is 79.9. The molecule has 1 atom stereocenters. The van der Waals surface area contributed by atoms with Crippen molar-refractivity contribution in [1.29, 1.82) is 0 Å². The number of phenolic OH excluding ortho intramolecular Hbond substituents is 1. The Morgan fingerprint density at radius 2 is 1.96 bits per heavy atom. The molecule has 2 aromatic rings. The normalized spacial score (nSPS) is 12.2. The van der Waals surface area contributed by atoms with Gasteiger partial charge < -0.3 is 9.84 Å². The van der Waals surface area contributed by atoms with Crippen molar-refractivity contribution in [2.75, 3.05) is 6.61 Å². The SMILES string of the molecule is CCC(C)c1ccc(OCC(=O)N/N=C\c2cc(O)c(Br)cc2Br)cc1. The first-order valence-corrected chi connectivity index (χ1v) is 9.72. The van der Waals surface area contributed by atoms with Gasteiger partial charge in [0.2, 0.25) is 0 Å². The molecule has 0 aliphatic heterocycles. The van der Waals surface area contributed by atoms with Gasteiger partial charge in [0.15, 0.2) is 6.61 Å². The van der Waals surface area contributed by atoms with E-state index in [0.717, 1.165) is 10.9 Å². The summed E-state index contributed by atoms with van der Waals surface area (Å²) in [6.45, 7) is 4.19. The Hall–Kier alpha value is -1.86. The number of carbonyl (C=O) groups excluding carboxylic acids is 1. The number of rotatable bonds is 7. The molecule has 0 aliphatic carbocycles. The van der Waals surface area contributed by atoms with Crippen LogP contribution in [0.1, 0.15) is 37.3 Å². The Morgan fingerprint density at radius 1 is 1.27 bits per heavy atom. The first-order chi connectivity index (χ1) is 12.4. The van der Waals surface area contributed by atoms with Crippen LogP contribution in [-0.4, -0.2) is 23.8 Å². The lowest BCUT2D eigenvalue weighted by atomic mass is 9.99. The molecule has 0 saturated carbocycles. The Bertz CT molecular complexity index is 792. The molecule has 1 unspecified atom stereocenters. The molecular formula is C19H20Br2N2O3. The van der Waals surface area contributed by atoms with Crippen molar-refractivity contribution in [1.82, 2.24) is 5.43 Å². The van der Waals surface area contributed by atoms with Gasteiger partial charge in [0.1, 0.15) is 11.5 Å². The lowest BCUT2D eigenvalue weighted by molar-refractivity contribution is -0.123. The van der Waals surface area contributed by atoms with E-state index in [1.54, 1.807) is 6.07 Å². The van der Waals surface area contributed by atoms with E-state index < -0.39 is 0 Å². The fourth-order valence-corrected chi connectivity index (χ4v) is 3.23. The van der Waals surface area contributed by atoms with E-state index in [1.165, 1.54) is 17.8 Å². The summed E-state index contributed by atoms with van der Waals surface area (Å²) >= 11 is 6.58. The number of hydrazone groups is 1. The molecule has 2 aromatic carbocycles. The molecule has 0 saturated heterocycles. The van der Waals surface area contributed by atoms with Crippen LogP contribution in [0.5, 0.6) is 11.5 Å². The molecule has 26 heavy (non-hydrogen) atoms. The topological polar surface area (TPSA) is 70.9 Å². The van der Waals surface area contributed by atoms with Gasteiger partial charge in [0.25, 0.3) is 5.91 Å². The van der Waals surface area contributed by atoms with Gasteiger partial charge >= 0.3 is 0 Å². The number of nitrogens with one attached hydrogen (secondary N) is 1.